The average molecular weight is 362 g/mol. The summed E-state index contributed by atoms with van der Waals surface area (Å²) in [5.74, 6) is 0.883. The minimum Gasteiger partial charge on any atom is -0.382 e. The van der Waals surface area contributed by atoms with E-state index in [1.807, 2.05) is 24.3 Å². The maximum Gasteiger partial charge on any atom is 0.292 e. The van der Waals surface area contributed by atoms with E-state index in [1.54, 1.807) is 6.20 Å². The molecule has 1 saturated heterocycles. The Labute approximate surface area is 153 Å². The zero-order valence-electron chi connectivity index (χ0n) is 14.7. The van der Waals surface area contributed by atoms with Crippen LogP contribution in [-0.2, 0) is 4.74 Å². The summed E-state index contributed by atoms with van der Waals surface area (Å²) in [5, 5.41) is 7.68. The molecule has 0 amide bonds. The van der Waals surface area contributed by atoms with Gasteiger partial charge in [-0.15, -0.1) is 0 Å². The summed E-state index contributed by atoms with van der Waals surface area (Å²) in [4.78, 5) is 12.6. The summed E-state index contributed by atoms with van der Waals surface area (Å²) in [6.45, 7) is 6.58. The van der Waals surface area contributed by atoms with Crippen molar-refractivity contribution in [2.75, 3.05) is 25.1 Å². The second-order valence-electron chi connectivity index (χ2n) is 6.80. The topological polar surface area (TPSA) is 56.1 Å². The van der Waals surface area contributed by atoms with E-state index in [4.69, 9.17) is 16.3 Å². The van der Waals surface area contributed by atoms with Gasteiger partial charge in [-0.2, -0.15) is 9.78 Å². The van der Waals surface area contributed by atoms with Crippen LogP contribution in [-0.4, -0.2) is 29.5 Å². The predicted molar refractivity (Wildman–Crippen MR) is 101 cm³/mol. The molecule has 0 radical (unpaired) electrons. The molecular formula is C19H24ClN3O2. The van der Waals surface area contributed by atoms with Crippen molar-refractivity contribution in [3.63, 3.8) is 0 Å². The minimum absolute atomic E-state index is 0.166. The summed E-state index contributed by atoms with van der Waals surface area (Å²) in [5.41, 5.74) is 2.19. The van der Waals surface area contributed by atoms with Crippen molar-refractivity contribution in [1.29, 1.82) is 0 Å². The third-order valence-electron chi connectivity index (χ3n) is 4.56. The first kappa shape index (κ1) is 18.0. The highest BCUT2D eigenvalue weighted by molar-refractivity contribution is 6.32. The van der Waals surface area contributed by atoms with Crippen LogP contribution in [0.5, 0.6) is 0 Å². The molecule has 1 atom stereocenters. The molecule has 134 valence electrons. The van der Waals surface area contributed by atoms with E-state index >= 15 is 0 Å². The molecule has 1 aromatic heterocycles. The average Bonchev–Trinajstić information content (AvgIpc) is 2.64. The SMILES string of the molecule is CC(C)c1ccc(-n2ncc(NC[C@H]3CCCOC3)c(Cl)c2=O)cc1. The lowest BCUT2D eigenvalue weighted by Gasteiger charge is -2.22. The maximum absolute atomic E-state index is 12.6. The van der Waals surface area contributed by atoms with Crippen molar-refractivity contribution in [2.45, 2.75) is 32.6 Å². The Morgan fingerprint density at radius 2 is 2.12 bits per heavy atom. The third kappa shape index (κ3) is 4.22. The standard InChI is InChI=1S/C19H24ClN3O2/c1-13(2)15-5-7-16(8-6-15)23-19(24)18(20)17(11-22-23)21-10-14-4-3-9-25-12-14/h5-8,11,13-14,21H,3-4,9-10,12H2,1-2H3/t14-/m1/s1. The molecule has 0 unspecified atom stereocenters. The normalized spacial score (nSPS) is 17.7. The molecule has 1 aliphatic heterocycles. The van der Waals surface area contributed by atoms with Crippen molar-refractivity contribution in [1.82, 2.24) is 9.78 Å². The number of halogens is 1. The Hall–Kier alpha value is -1.85. The van der Waals surface area contributed by atoms with Gasteiger partial charge >= 0.3 is 0 Å². The number of rotatable bonds is 5. The lowest BCUT2D eigenvalue weighted by atomic mass is 10.0. The molecule has 3 rings (SSSR count). The zero-order valence-corrected chi connectivity index (χ0v) is 15.4. The number of nitrogens with zero attached hydrogens (tertiary/aromatic N) is 2. The molecule has 1 aromatic carbocycles. The number of ether oxygens (including phenoxy) is 1. The Kier molecular flexibility index (Phi) is 5.76. The summed E-state index contributed by atoms with van der Waals surface area (Å²) in [6.07, 6.45) is 3.81. The first-order valence-corrected chi connectivity index (χ1v) is 9.14. The second-order valence-corrected chi connectivity index (χ2v) is 7.18. The maximum atomic E-state index is 12.6. The van der Waals surface area contributed by atoms with Crippen molar-refractivity contribution in [3.8, 4) is 5.69 Å². The minimum atomic E-state index is -0.316. The summed E-state index contributed by atoms with van der Waals surface area (Å²) < 4.78 is 6.81. The lowest BCUT2D eigenvalue weighted by Crippen LogP contribution is -2.26. The van der Waals surface area contributed by atoms with Crippen molar-refractivity contribution in [2.24, 2.45) is 5.92 Å². The van der Waals surface area contributed by atoms with E-state index in [0.717, 1.165) is 32.6 Å². The van der Waals surface area contributed by atoms with Crippen molar-refractivity contribution < 1.29 is 4.74 Å². The van der Waals surface area contributed by atoms with Gasteiger partial charge in [0, 0.05) is 13.2 Å². The highest BCUT2D eigenvalue weighted by atomic mass is 35.5. The molecule has 25 heavy (non-hydrogen) atoms. The lowest BCUT2D eigenvalue weighted by molar-refractivity contribution is 0.0595. The molecule has 2 heterocycles. The summed E-state index contributed by atoms with van der Waals surface area (Å²) in [7, 11) is 0. The highest BCUT2D eigenvalue weighted by Crippen LogP contribution is 2.20. The first-order chi connectivity index (χ1) is 12.1. The van der Waals surface area contributed by atoms with Crippen LogP contribution in [0.15, 0.2) is 35.3 Å². The van der Waals surface area contributed by atoms with Gasteiger partial charge in [0.1, 0.15) is 5.02 Å². The van der Waals surface area contributed by atoms with Gasteiger partial charge in [0.05, 0.1) is 24.2 Å². The number of hydrogen-bond donors (Lipinski definition) is 1. The van der Waals surface area contributed by atoms with Crippen LogP contribution in [0.1, 0.15) is 38.2 Å². The number of aromatic nitrogens is 2. The first-order valence-electron chi connectivity index (χ1n) is 8.76. The monoisotopic (exact) mass is 361 g/mol. The summed E-state index contributed by atoms with van der Waals surface area (Å²) >= 11 is 6.28. The van der Waals surface area contributed by atoms with Crippen LogP contribution in [0, 0.1) is 5.92 Å². The van der Waals surface area contributed by atoms with E-state index in [0.29, 0.717) is 23.2 Å². The van der Waals surface area contributed by atoms with E-state index in [9.17, 15) is 4.79 Å². The third-order valence-corrected chi connectivity index (χ3v) is 4.92. The van der Waals surface area contributed by atoms with Crippen LogP contribution in [0.3, 0.4) is 0 Å². The smallest absolute Gasteiger partial charge is 0.292 e. The van der Waals surface area contributed by atoms with Gasteiger partial charge in [-0.3, -0.25) is 4.79 Å². The molecule has 6 heteroatoms. The zero-order chi connectivity index (χ0) is 17.8. The Bertz CT molecular complexity index is 765. The quantitative estimate of drug-likeness (QED) is 0.878. The van der Waals surface area contributed by atoms with Crippen molar-refractivity contribution >= 4 is 17.3 Å². The molecule has 0 aliphatic carbocycles. The molecule has 0 bridgehead atoms. The molecule has 5 nitrogen and oxygen atoms in total. The molecular weight excluding hydrogens is 338 g/mol. The van der Waals surface area contributed by atoms with Gasteiger partial charge in [0.2, 0.25) is 0 Å². The van der Waals surface area contributed by atoms with Gasteiger partial charge in [-0.25, -0.2) is 0 Å². The van der Waals surface area contributed by atoms with Crippen molar-refractivity contribution in [3.05, 3.63) is 51.4 Å². The van der Waals surface area contributed by atoms with Gasteiger partial charge < -0.3 is 10.1 Å². The van der Waals surface area contributed by atoms with Crippen LogP contribution in [0.4, 0.5) is 5.69 Å². The number of anilines is 1. The predicted octanol–water partition coefficient (Wildman–Crippen LogP) is 3.85. The Morgan fingerprint density at radius 3 is 2.76 bits per heavy atom. The fourth-order valence-electron chi connectivity index (χ4n) is 2.96. The van der Waals surface area contributed by atoms with E-state index in [-0.39, 0.29) is 10.6 Å². The molecule has 0 saturated carbocycles. The van der Waals surface area contributed by atoms with E-state index in [1.165, 1.54) is 10.2 Å². The van der Waals surface area contributed by atoms with E-state index < -0.39 is 0 Å². The number of hydrogen-bond acceptors (Lipinski definition) is 4. The Balaban J connectivity index is 1.76. The van der Waals surface area contributed by atoms with Crippen LogP contribution >= 0.6 is 11.6 Å². The van der Waals surface area contributed by atoms with Gasteiger partial charge in [0.25, 0.3) is 5.56 Å². The fraction of sp³-hybridized carbons (Fsp3) is 0.474. The largest absolute Gasteiger partial charge is 0.382 e. The van der Waals surface area contributed by atoms with E-state index in [2.05, 4.69) is 24.3 Å². The summed E-state index contributed by atoms with van der Waals surface area (Å²) in [6, 6.07) is 7.81. The number of benzene rings is 1. The molecule has 0 spiro atoms. The van der Waals surface area contributed by atoms with Crippen LogP contribution < -0.4 is 10.9 Å². The molecule has 1 fully saturated rings. The second kappa shape index (κ2) is 8.02. The van der Waals surface area contributed by atoms with Crippen LogP contribution in [0.25, 0.3) is 5.69 Å². The molecule has 1 aliphatic rings. The highest BCUT2D eigenvalue weighted by Gasteiger charge is 2.16. The number of nitrogens with one attached hydrogen (secondary N) is 1. The van der Waals surface area contributed by atoms with Gasteiger partial charge in [-0.1, -0.05) is 37.6 Å². The molecule has 2 aromatic rings. The fourth-order valence-corrected chi connectivity index (χ4v) is 3.16. The van der Waals surface area contributed by atoms with Crippen LogP contribution in [0.2, 0.25) is 5.02 Å². The Morgan fingerprint density at radius 1 is 1.36 bits per heavy atom. The molecule has 1 N–H and O–H groups in total. The van der Waals surface area contributed by atoms with Gasteiger partial charge in [-0.05, 0) is 42.4 Å². The van der Waals surface area contributed by atoms with Gasteiger partial charge in [0.15, 0.2) is 0 Å².